The molecule has 2 N–H and O–H groups in total. The molecule has 0 aromatic carbocycles. The first-order valence-electron chi connectivity index (χ1n) is 5.61. The third-order valence-corrected chi connectivity index (χ3v) is 2.25. The minimum absolute atomic E-state index is 0.207. The summed E-state index contributed by atoms with van der Waals surface area (Å²) in [7, 11) is 0. The Hall–Kier alpha value is -1.06. The fourth-order valence-corrected chi connectivity index (χ4v) is 1.42. The van der Waals surface area contributed by atoms with Crippen molar-refractivity contribution in [2.45, 2.75) is 51.4 Å². The Labute approximate surface area is 91.2 Å². The fraction of sp³-hybridized carbons (Fsp3) is 0.818. The molecule has 0 radical (unpaired) electrons. The predicted molar refractivity (Wildman–Crippen MR) is 58.1 cm³/mol. The van der Waals surface area contributed by atoms with Crippen molar-refractivity contribution in [1.29, 1.82) is 0 Å². The Morgan fingerprint density at radius 3 is 2.07 bits per heavy atom. The van der Waals surface area contributed by atoms with Crippen LogP contribution in [0.2, 0.25) is 0 Å². The highest BCUT2D eigenvalue weighted by Gasteiger charge is 1.95. The third-order valence-electron chi connectivity index (χ3n) is 2.25. The maximum absolute atomic E-state index is 10.4. The molecule has 0 atom stereocenters. The van der Waals surface area contributed by atoms with E-state index in [0.29, 0.717) is 19.5 Å². The van der Waals surface area contributed by atoms with Gasteiger partial charge in [0.15, 0.2) is 0 Å². The van der Waals surface area contributed by atoms with Gasteiger partial charge in [-0.1, -0.05) is 32.1 Å². The molecular formula is C11H21NO3. The number of primary amides is 1. The molecule has 4 nitrogen and oxygen atoms in total. The van der Waals surface area contributed by atoms with Crippen molar-refractivity contribution < 1.29 is 14.3 Å². The molecule has 0 heterocycles. The molecule has 0 saturated heterocycles. The summed E-state index contributed by atoms with van der Waals surface area (Å²) < 4.78 is 4.57. The van der Waals surface area contributed by atoms with Crippen LogP contribution in [0.1, 0.15) is 51.4 Å². The summed E-state index contributed by atoms with van der Waals surface area (Å²) in [5.74, 6) is -0.207. The summed E-state index contributed by atoms with van der Waals surface area (Å²) in [6.45, 7) is 1.02. The summed E-state index contributed by atoms with van der Waals surface area (Å²) in [5.41, 5.74) is 5.02. The Bertz CT molecular complexity index is 171. The molecule has 0 aliphatic carbocycles. The summed E-state index contributed by atoms with van der Waals surface area (Å²) in [6.07, 6.45) is 8.04. The number of rotatable bonds is 11. The number of carbonyl (C=O) groups excluding carboxylic acids is 2. The van der Waals surface area contributed by atoms with Gasteiger partial charge in [-0.15, -0.1) is 0 Å². The van der Waals surface area contributed by atoms with Gasteiger partial charge in [-0.3, -0.25) is 9.59 Å². The van der Waals surface area contributed by atoms with E-state index in [1.165, 1.54) is 12.8 Å². The lowest BCUT2D eigenvalue weighted by atomic mass is 10.1. The second kappa shape index (κ2) is 11.0. The Morgan fingerprint density at radius 2 is 1.53 bits per heavy atom. The van der Waals surface area contributed by atoms with Crippen LogP contribution in [0.3, 0.4) is 0 Å². The quantitative estimate of drug-likeness (QED) is 0.422. The summed E-state index contributed by atoms with van der Waals surface area (Å²) in [5, 5.41) is 0. The van der Waals surface area contributed by atoms with Crippen molar-refractivity contribution in [1.82, 2.24) is 0 Å². The number of ether oxygens (including phenoxy) is 1. The van der Waals surface area contributed by atoms with Crippen molar-refractivity contribution in [3.8, 4) is 0 Å². The smallest absolute Gasteiger partial charge is 0.293 e. The van der Waals surface area contributed by atoms with Gasteiger partial charge in [0.25, 0.3) is 6.47 Å². The monoisotopic (exact) mass is 215 g/mol. The number of hydrogen-bond donors (Lipinski definition) is 1. The van der Waals surface area contributed by atoms with Crippen molar-refractivity contribution in [3.63, 3.8) is 0 Å². The van der Waals surface area contributed by atoms with Crippen LogP contribution < -0.4 is 5.73 Å². The van der Waals surface area contributed by atoms with Crippen LogP contribution >= 0.6 is 0 Å². The van der Waals surface area contributed by atoms with Crippen LogP contribution in [-0.4, -0.2) is 19.0 Å². The Kier molecular flexibility index (Phi) is 10.2. The average molecular weight is 215 g/mol. The number of unbranched alkanes of at least 4 members (excludes halogenated alkanes) is 6. The molecule has 0 aliphatic heterocycles. The SMILES string of the molecule is NC(=O)CCCCCCCCCOC=O. The first-order chi connectivity index (χ1) is 7.27. The van der Waals surface area contributed by atoms with Gasteiger partial charge >= 0.3 is 0 Å². The average Bonchev–Trinajstić information content (AvgIpc) is 2.20. The summed E-state index contributed by atoms with van der Waals surface area (Å²) in [4.78, 5) is 20.2. The van der Waals surface area contributed by atoms with E-state index in [4.69, 9.17) is 5.73 Å². The maximum Gasteiger partial charge on any atom is 0.293 e. The van der Waals surface area contributed by atoms with E-state index in [-0.39, 0.29) is 5.91 Å². The van der Waals surface area contributed by atoms with Crippen LogP contribution in [0.5, 0.6) is 0 Å². The molecule has 0 saturated carbocycles. The van der Waals surface area contributed by atoms with Gasteiger partial charge in [-0.05, 0) is 12.8 Å². The molecule has 0 spiro atoms. The molecule has 4 heteroatoms. The topological polar surface area (TPSA) is 69.4 Å². The van der Waals surface area contributed by atoms with Crippen molar-refractivity contribution >= 4 is 12.4 Å². The fourth-order valence-electron chi connectivity index (χ4n) is 1.42. The minimum Gasteiger partial charge on any atom is -0.468 e. The molecule has 0 unspecified atom stereocenters. The molecule has 0 aliphatic rings. The van der Waals surface area contributed by atoms with Gasteiger partial charge < -0.3 is 10.5 Å². The van der Waals surface area contributed by atoms with E-state index >= 15 is 0 Å². The standard InChI is InChI=1S/C11H21NO3/c12-11(14)8-6-4-2-1-3-5-7-9-15-10-13/h10H,1-9H2,(H2,12,14). The zero-order valence-electron chi connectivity index (χ0n) is 9.24. The van der Waals surface area contributed by atoms with E-state index in [1.54, 1.807) is 0 Å². The second-order valence-corrected chi connectivity index (χ2v) is 3.66. The number of nitrogens with two attached hydrogens (primary N) is 1. The van der Waals surface area contributed by atoms with Crippen LogP contribution in [-0.2, 0) is 14.3 Å². The minimum atomic E-state index is -0.207. The molecule has 0 aromatic rings. The van der Waals surface area contributed by atoms with Gasteiger partial charge in [0.1, 0.15) is 0 Å². The first-order valence-corrected chi connectivity index (χ1v) is 5.61. The number of hydrogen-bond acceptors (Lipinski definition) is 3. The number of carbonyl (C=O) groups is 2. The van der Waals surface area contributed by atoms with E-state index in [0.717, 1.165) is 32.1 Å². The predicted octanol–water partition coefficient (Wildman–Crippen LogP) is 1.77. The van der Waals surface area contributed by atoms with Gasteiger partial charge in [0, 0.05) is 6.42 Å². The largest absolute Gasteiger partial charge is 0.468 e. The lowest BCUT2D eigenvalue weighted by molar-refractivity contribution is -0.128. The normalized spacial score (nSPS) is 9.87. The van der Waals surface area contributed by atoms with Gasteiger partial charge in [-0.2, -0.15) is 0 Å². The van der Waals surface area contributed by atoms with E-state index in [1.807, 2.05) is 0 Å². The zero-order valence-corrected chi connectivity index (χ0v) is 9.24. The Balaban J connectivity index is 2.92. The lowest BCUT2D eigenvalue weighted by Crippen LogP contribution is -2.09. The first kappa shape index (κ1) is 13.9. The Morgan fingerprint density at radius 1 is 1.00 bits per heavy atom. The molecule has 0 fully saturated rings. The highest BCUT2D eigenvalue weighted by atomic mass is 16.5. The van der Waals surface area contributed by atoms with Gasteiger partial charge in [0.2, 0.25) is 5.91 Å². The van der Waals surface area contributed by atoms with Crippen molar-refractivity contribution in [2.24, 2.45) is 5.73 Å². The third kappa shape index (κ3) is 12.9. The van der Waals surface area contributed by atoms with E-state index < -0.39 is 0 Å². The molecule has 0 bridgehead atoms. The number of amides is 1. The molecule has 88 valence electrons. The van der Waals surface area contributed by atoms with Gasteiger partial charge in [0.05, 0.1) is 6.61 Å². The lowest BCUT2D eigenvalue weighted by Gasteiger charge is -2.00. The van der Waals surface area contributed by atoms with Crippen LogP contribution in [0.15, 0.2) is 0 Å². The van der Waals surface area contributed by atoms with Crippen LogP contribution in [0.4, 0.5) is 0 Å². The van der Waals surface area contributed by atoms with Crippen molar-refractivity contribution in [3.05, 3.63) is 0 Å². The van der Waals surface area contributed by atoms with E-state index in [9.17, 15) is 9.59 Å². The second-order valence-electron chi connectivity index (χ2n) is 3.66. The molecule has 0 rings (SSSR count). The van der Waals surface area contributed by atoms with Gasteiger partial charge in [-0.25, -0.2) is 0 Å². The highest BCUT2D eigenvalue weighted by Crippen LogP contribution is 2.08. The van der Waals surface area contributed by atoms with Crippen LogP contribution in [0.25, 0.3) is 0 Å². The molecule has 15 heavy (non-hydrogen) atoms. The molecule has 1 amide bonds. The van der Waals surface area contributed by atoms with Crippen molar-refractivity contribution in [2.75, 3.05) is 6.61 Å². The molecular weight excluding hydrogens is 194 g/mol. The highest BCUT2D eigenvalue weighted by molar-refractivity contribution is 5.73. The summed E-state index contributed by atoms with van der Waals surface area (Å²) in [6, 6.07) is 0. The maximum atomic E-state index is 10.4. The summed E-state index contributed by atoms with van der Waals surface area (Å²) >= 11 is 0. The van der Waals surface area contributed by atoms with E-state index in [2.05, 4.69) is 4.74 Å². The molecule has 0 aromatic heterocycles. The van der Waals surface area contributed by atoms with Crippen LogP contribution in [0, 0.1) is 0 Å². The zero-order chi connectivity index (χ0) is 11.4.